The van der Waals surface area contributed by atoms with Crippen molar-refractivity contribution in [1.82, 2.24) is 9.62 Å². The molecule has 0 radical (unpaired) electrons. The Balaban J connectivity index is 2.03. The number of nitrogens with zero attached hydrogens (tertiary/aromatic N) is 1. The summed E-state index contributed by atoms with van der Waals surface area (Å²) >= 11 is 0. The Hall–Kier alpha value is -1.02. The zero-order chi connectivity index (χ0) is 15.5. The van der Waals surface area contributed by atoms with Gasteiger partial charge in [-0.3, -0.25) is 4.90 Å². The Kier molecular flexibility index (Phi) is 4.98. The summed E-state index contributed by atoms with van der Waals surface area (Å²) in [6.45, 7) is 7.06. The van der Waals surface area contributed by atoms with Crippen LogP contribution in [0.2, 0.25) is 0 Å². The van der Waals surface area contributed by atoms with Gasteiger partial charge in [-0.25, -0.2) is 17.5 Å². The molecular formula is C14H21FN2O3S. The Bertz CT molecular complexity index is 584. The van der Waals surface area contributed by atoms with E-state index >= 15 is 0 Å². The monoisotopic (exact) mass is 316 g/mol. The molecule has 1 aliphatic rings. The van der Waals surface area contributed by atoms with Crippen LogP contribution in [0.3, 0.4) is 0 Å². The molecule has 21 heavy (non-hydrogen) atoms. The molecule has 0 saturated carbocycles. The van der Waals surface area contributed by atoms with Gasteiger partial charge >= 0.3 is 0 Å². The van der Waals surface area contributed by atoms with E-state index in [1.807, 2.05) is 13.8 Å². The van der Waals surface area contributed by atoms with E-state index in [2.05, 4.69) is 9.62 Å². The molecule has 0 spiro atoms. The van der Waals surface area contributed by atoms with Crippen LogP contribution in [0.15, 0.2) is 29.2 Å². The normalized spacial score (nSPS) is 17.9. The summed E-state index contributed by atoms with van der Waals surface area (Å²) in [5, 5.41) is 0. The van der Waals surface area contributed by atoms with Crippen molar-refractivity contribution in [3.8, 4) is 0 Å². The van der Waals surface area contributed by atoms with E-state index in [0.717, 1.165) is 19.2 Å². The molecule has 0 amide bonds. The van der Waals surface area contributed by atoms with Crippen LogP contribution in [0.5, 0.6) is 0 Å². The lowest BCUT2D eigenvalue weighted by molar-refractivity contribution is -0.00803. The van der Waals surface area contributed by atoms with E-state index in [4.69, 9.17) is 4.74 Å². The van der Waals surface area contributed by atoms with Crippen LogP contribution in [0.4, 0.5) is 4.39 Å². The standard InChI is InChI=1S/C14H21FN2O3S/c1-14(2,17-6-8-20-9-7-17)11-16-21(18,19)13-5-3-4-12(15)10-13/h3-5,10,16H,6-9,11H2,1-2H3. The molecule has 0 unspecified atom stereocenters. The Morgan fingerprint density at radius 3 is 2.62 bits per heavy atom. The van der Waals surface area contributed by atoms with Crippen molar-refractivity contribution in [2.24, 2.45) is 0 Å². The molecule has 2 rings (SSSR count). The largest absolute Gasteiger partial charge is 0.379 e. The molecule has 5 nitrogen and oxygen atoms in total. The van der Waals surface area contributed by atoms with Gasteiger partial charge in [0, 0.05) is 25.2 Å². The van der Waals surface area contributed by atoms with Gasteiger partial charge in [-0.2, -0.15) is 0 Å². The molecule has 1 heterocycles. The second-order valence-corrected chi connectivity index (χ2v) is 7.46. The average Bonchev–Trinajstić information content (AvgIpc) is 2.46. The second-order valence-electron chi connectivity index (χ2n) is 5.69. The highest BCUT2D eigenvalue weighted by Gasteiger charge is 2.30. The summed E-state index contributed by atoms with van der Waals surface area (Å²) in [4.78, 5) is 2.13. The highest BCUT2D eigenvalue weighted by molar-refractivity contribution is 7.89. The Morgan fingerprint density at radius 2 is 2.00 bits per heavy atom. The fourth-order valence-corrected chi connectivity index (χ4v) is 3.50. The van der Waals surface area contributed by atoms with E-state index in [1.165, 1.54) is 18.2 Å². The predicted molar refractivity (Wildman–Crippen MR) is 78.1 cm³/mol. The van der Waals surface area contributed by atoms with Crippen LogP contribution < -0.4 is 4.72 Å². The molecular weight excluding hydrogens is 295 g/mol. The fraction of sp³-hybridized carbons (Fsp3) is 0.571. The number of hydrogen-bond acceptors (Lipinski definition) is 4. The summed E-state index contributed by atoms with van der Waals surface area (Å²) in [5.74, 6) is -0.565. The Morgan fingerprint density at radius 1 is 1.33 bits per heavy atom. The summed E-state index contributed by atoms with van der Waals surface area (Å²) in [6.07, 6.45) is 0. The second kappa shape index (κ2) is 6.39. The number of rotatable bonds is 5. The number of benzene rings is 1. The average molecular weight is 316 g/mol. The maximum atomic E-state index is 13.1. The van der Waals surface area contributed by atoms with Gasteiger partial charge in [-0.15, -0.1) is 0 Å². The van der Waals surface area contributed by atoms with Crippen molar-refractivity contribution >= 4 is 10.0 Å². The molecule has 1 aromatic carbocycles. The highest BCUT2D eigenvalue weighted by Crippen LogP contribution is 2.17. The van der Waals surface area contributed by atoms with Crippen LogP contribution >= 0.6 is 0 Å². The molecule has 0 bridgehead atoms. The van der Waals surface area contributed by atoms with Gasteiger partial charge in [0.1, 0.15) is 5.82 Å². The van der Waals surface area contributed by atoms with Gasteiger partial charge < -0.3 is 4.74 Å². The molecule has 0 aromatic heterocycles. The summed E-state index contributed by atoms with van der Waals surface area (Å²) in [6, 6.07) is 5.00. The maximum absolute atomic E-state index is 13.1. The third kappa shape index (κ3) is 4.23. The summed E-state index contributed by atoms with van der Waals surface area (Å²) in [5.41, 5.74) is -0.329. The number of ether oxygens (including phenoxy) is 1. The lowest BCUT2D eigenvalue weighted by atomic mass is 10.0. The first-order valence-corrected chi connectivity index (χ1v) is 8.38. The van der Waals surface area contributed by atoms with Gasteiger partial charge in [-0.1, -0.05) is 6.07 Å². The van der Waals surface area contributed by atoms with Gasteiger partial charge in [0.15, 0.2) is 0 Å². The smallest absolute Gasteiger partial charge is 0.240 e. The Labute approximate surface area is 125 Å². The minimum absolute atomic E-state index is 0.0553. The first kappa shape index (κ1) is 16.4. The van der Waals surface area contributed by atoms with Gasteiger partial charge in [0.2, 0.25) is 10.0 Å². The molecule has 1 aromatic rings. The zero-order valence-electron chi connectivity index (χ0n) is 12.3. The van der Waals surface area contributed by atoms with Crippen molar-refractivity contribution in [3.05, 3.63) is 30.1 Å². The van der Waals surface area contributed by atoms with Crippen molar-refractivity contribution in [3.63, 3.8) is 0 Å². The minimum atomic E-state index is -3.70. The van der Waals surface area contributed by atoms with Crippen LogP contribution in [0.25, 0.3) is 0 Å². The number of morpholine rings is 1. The quantitative estimate of drug-likeness (QED) is 0.887. The molecule has 0 aliphatic carbocycles. The highest BCUT2D eigenvalue weighted by atomic mass is 32.2. The van der Waals surface area contributed by atoms with Crippen molar-refractivity contribution in [2.75, 3.05) is 32.8 Å². The maximum Gasteiger partial charge on any atom is 0.240 e. The van der Waals surface area contributed by atoms with E-state index in [-0.39, 0.29) is 17.0 Å². The van der Waals surface area contributed by atoms with Crippen LogP contribution in [0.1, 0.15) is 13.8 Å². The van der Waals surface area contributed by atoms with E-state index in [9.17, 15) is 12.8 Å². The SMILES string of the molecule is CC(C)(CNS(=O)(=O)c1cccc(F)c1)N1CCOCC1. The van der Waals surface area contributed by atoms with Gasteiger partial charge in [0.25, 0.3) is 0 Å². The molecule has 0 atom stereocenters. The lowest BCUT2D eigenvalue weighted by Crippen LogP contribution is -2.55. The summed E-state index contributed by atoms with van der Waals surface area (Å²) < 4.78 is 45.4. The van der Waals surface area contributed by atoms with E-state index < -0.39 is 15.8 Å². The minimum Gasteiger partial charge on any atom is -0.379 e. The molecule has 7 heteroatoms. The van der Waals surface area contributed by atoms with Crippen molar-refractivity contribution in [1.29, 1.82) is 0 Å². The first-order valence-electron chi connectivity index (χ1n) is 6.89. The van der Waals surface area contributed by atoms with E-state index in [1.54, 1.807) is 0 Å². The van der Waals surface area contributed by atoms with Crippen molar-refractivity contribution in [2.45, 2.75) is 24.3 Å². The fourth-order valence-electron chi connectivity index (χ4n) is 2.27. The van der Waals surface area contributed by atoms with Gasteiger partial charge in [0.05, 0.1) is 18.1 Å². The van der Waals surface area contributed by atoms with Crippen LogP contribution in [-0.4, -0.2) is 51.7 Å². The van der Waals surface area contributed by atoms with E-state index in [0.29, 0.717) is 13.2 Å². The lowest BCUT2D eigenvalue weighted by Gasteiger charge is -2.40. The molecule has 1 N–H and O–H groups in total. The number of hydrogen-bond donors (Lipinski definition) is 1. The number of nitrogens with one attached hydrogen (secondary N) is 1. The zero-order valence-corrected chi connectivity index (χ0v) is 13.1. The summed E-state index contributed by atoms with van der Waals surface area (Å²) in [7, 11) is -3.70. The van der Waals surface area contributed by atoms with Crippen molar-refractivity contribution < 1.29 is 17.5 Å². The van der Waals surface area contributed by atoms with Crippen LogP contribution in [-0.2, 0) is 14.8 Å². The third-order valence-corrected chi connectivity index (χ3v) is 5.07. The van der Waals surface area contributed by atoms with Crippen LogP contribution in [0, 0.1) is 5.82 Å². The predicted octanol–water partition coefficient (Wildman–Crippen LogP) is 1.21. The van der Waals surface area contributed by atoms with Gasteiger partial charge in [-0.05, 0) is 32.0 Å². The molecule has 1 aliphatic heterocycles. The topological polar surface area (TPSA) is 58.6 Å². The third-order valence-electron chi connectivity index (χ3n) is 3.67. The number of halogens is 1. The molecule has 1 fully saturated rings. The molecule has 118 valence electrons. The number of sulfonamides is 1. The first-order chi connectivity index (χ1) is 9.81. The molecule has 1 saturated heterocycles.